The number of hydrogen-bond acceptors (Lipinski definition) is 4. The lowest BCUT2D eigenvalue weighted by atomic mass is 10.1. The Hall–Kier alpha value is -1.75. The summed E-state index contributed by atoms with van der Waals surface area (Å²) in [4.78, 5) is 4.71. The van der Waals surface area contributed by atoms with Crippen LogP contribution in [-0.4, -0.2) is 21.9 Å². The van der Waals surface area contributed by atoms with Gasteiger partial charge in [-0.2, -0.15) is 5.10 Å². The molecule has 112 valence electrons. The normalized spacial score (nSPS) is 15.6. The number of nitrogen functional groups attached to an aromatic ring is 1. The van der Waals surface area contributed by atoms with Gasteiger partial charge < -0.3 is 10.5 Å². The van der Waals surface area contributed by atoms with Crippen LogP contribution in [0.2, 0.25) is 5.02 Å². The van der Waals surface area contributed by atoms with Crippen LogP contribution in [0.15, 0.2) is 12.1 Å². The Kier molecular flexibility index (Phi) is 3.76. The lowest BCUT2D eigenvalue weighted by Crippen LogP contribution is -1.99. The summed E-state index contributed by atoms with van der Waals surface area (Å²) in [5.41, 5.74) is 7.14. The van der Waals surface area contributed by atoms with E-state index in [1.165, 1.54) is 25.7 Å². The number of halogens is 1. The molecule has 1 aromatic carbocycles. The Morgan fingerprint density at radius 3 is 2.71 bits per heavy atom. The predicted molar refractivity (Wildman–Crippen MR) is 83.6 cm³/mol. The average Bonchev–Trinajstić information content (AvgIpc) is 3.10. The van der Waals surface area contributed by atoms with Gasteiger partial charge in [0.05, 0.1) is 23.4 Å². The molecule has 0 unspecified atom stereocenters. The number of nitrogens with two attached hydrogens (primary N) is 1. The van der Waals surface area contributed by atoms with E-state index >= 15 is 0 Å². The molecule has 3 rings (SSSR count). The van der Waals surface area contributed by atoms with E-state index in [9.17, 15) is 0 Å². The number of rotatable bonds is 3. The van der Waals surface area contributed by atoms with Gasteiger partial charge in [-0.25, -0.2) is 9.67 Å². The predicted octanol–water partition coefficient (Wildman–Crippen LogP) is 3.38. The molecule has 0 atom stereocenters. The second kappa shape index (κ2) is 5.56. The van der Waals surface area contributed by atoms with E-state index in [1.54, 1.807) is 23.9 Å². The van der Waals surface area contributed by atoms with E-state index in [1.807, 2.05) is 7.05 Å². The highest BCUT2D eigenvalue weighted by Gasteiger charge is 2.24. The molecule has 6 heteroatoms. The maximum absolute atomic E-state index is 6.14. The lowest BCUT2D eigenvalue weighted by molar-refractivity contribution is 0.416. The van der Waals surface area contributed by atoms with Crippen molar-refractivity contribution in [3.63, 3.8) is 0 Å². The van der Waals surface area contributed by atoms with Crippen LogP contribution in [0.4, 0.5) is 5.69 Å². The van der Waals surface area contributed by atoms with Crippen molar-refractivity contribution >= 4 is 17.3 Å². The number of methoxy groups -OCH3 is 1. The van der Waals surface area contributed by atoms with Crippen molar-refractivity contribution in [1.29, 1.82) is 0 Å². The summed E-state index contributed by atoms with van der Waals surface area (Å²) in [5, 5.41) is 5.07. The van der Waals surface area contributed by atoms with Gasteiger partial charge in [-0.1, -0.05) is 24.4 Å². The third-order valence-corrected chi connectivity index (χ3v) is 4.39. The van der Waals surface area contributed by atoms with Crippen LogP contribution in [0.3, 0.4) is 0 Å². The molecule has 1 heterocycles. The van der Waals surface area contributed by atoms with Crippen LogP contribution >= 0.6 is 11.6 Å². The van der Waals surface area contributed by atoms with Crippen molar-refractivity contribution in [3.8, 4) is 17.1 Å². The number of aryl methyl sites for hydroxylation is 1. The first-order chi connectivity index (χ1) is 10.1. The first-order valence-electron chi connectivity index (χ1n) is 7.14. The largest absolute Gasteiger partial charge is 0.496 e. The standard InChI is InChI=1S/C15H19ClN4O/c1-20-15(18-14(19-20)9-5-3-4-6-9)10-7-11(16)12(17)8-13(10)21-2/h7-9H,3-6,17H2,1-2H3. The fourth-order valence-electron chi connectivity index (χ4n) is 2.91. The molecule has 5 nitrogen and oxygen atoms in total. The van der Waals surface area contributed by atoms with E-state index in [0.717, 1.165) is 17.2 Å². The summed E-state index contributed by atoms with van der Waals surface area (Å²) in [5.74, 6) is 2.81. The number of nitrogens with zero attached hydrogens (tertiary/aromatic N) is 3. The molecule has 0 amide bonds. The Labute approximate surface area is 129 Å². The maximum atomic E-state index is 6.14. The minimum absolute atomic E-state index is 0.472. The van der Waals surface area contributed by atoms with Crippen molar-refractivity contribution in [2.75, 3.05) is 12.8 Å². The van der Waals surface area contributed by atoms with Crippen LogP contribution in [0.5, 0.6) is 5.75 Å². The summed E-state index contributed by atoms with van der Waals surface area (Å²) in [6.07, 6.45) is 4.86. The summed E-state index contributed by atoms with van der Waals surface area (Å²) in [7, 11) is 3.50. The van der Waals surface area contributed by atoms with Crippen LogP contribution in [0.25, 0.3) is 11.4 Å². The highest BCUT2D eigenvalue weighted by Crippen LogP contribution is 2.37. The molecule has 0 bridgehead atoms. The van der Waals surface area contributed by atoms with Gasteiger partial charge in [0.15, 0.2) is 11.6 Å². The molecule has 2 N–H and O–H groups in total. The zero-order valence-electron chi connectivity index (χ0n) is 12.3. The van der Waals surface area contributed by atoms with Gasteiger partial charge in [0.2, 0.25) is 0 Å². The Morgan fingerprint density at radius 2 is 2.05 bits per heavy atom. The molecule has 0 aliphatic heterocycles. The molecule has 21 heavy (non-hydrogen) atoms. The second-order valence-electron chi connectivity index (χ2n) is 5.47. The smallest absolute Gasteiger partial charge is 0.161 e. The third kappa shape index (κ3) is 2.58. The van der Waals surface area contributed by atoms with E-state index in [2.05, 4.69) is 5.10 Å². The van der Waals surface area contributed by atoms with E-state index in [4.69, 9.17) is 27.1 Å². The summed E-state index contributed by atoms with van der Waals surface area (Å²) in [6, 6.07) is 3.51. The van der Waals surface area contributed by atoms with Crippen LogP contribution in [0.1, 0.15) is 37.4 Å². The molecule has 0 radical (unpaired) electrons. The van der Waals surface area contributed by atoms with Crippen molar-refractivity contribution in [2.45, 2.75) is 31.6 Å². The quantitative estimate of drug-likeness (QED) is 0.883. The van der Waals surface area contributed by atoms with Gasteiger partial charge >= 0.3 is 0 Å². The van der Waals surface area contributed by atoms with Crippen LogP contribution < -0.4 is 10.5 Å². The topological polar surface area (TPSA) is 66.0 Å². The summed E-state index contributed by atoms with van der Waals surface area (Å²) >= 11 is 6.14. The molecule has 1 aliphatic carbocycles. The second-order valence-corrected chi connectivity index (χ2v) is 5.88. The number of aromatic nitrogens is 3. The fourth-order valence-corrected chi connectivity index (χ4v) is 3.07. The lowest BCUT2D eigenvalue weighted by Gasteiger charge is -2.09. The molecule has 0 spiro atoms. The van der Waals surface area contributed by atoms with Gasteiger partial charge in [0.25, 0.3) is 0 Å². The SMILES string of the molecule is COc1cc(N)c(Cl)cc1-c1nc(C2CCCC2)nn1C. The van der Waals surface area contributed by atoms with Crippen molar-refractivity contribution in [3.05, 3.63) is 23.0 Å². The van der Waals surface area contributed by atoms with Crippen LogP contribution in [-0.2, 0) is 7.05 Å². The van der Waals surface area contributed by atoms with Gasteiger partial charge in [0.1, 0.15) is 5.75 Å². The van der Waals surface area contributed by atoms with Gasteiger partial charge in [-0.15, -0.1) is 0 Å². The van der Waals surface area contributed by atoms with E-state index in [0.29, 0.717) is 22.4 Å². The molecular weight excluding hydrogens is 288 g/mol. The number of benzene rings is 1. The van der Waals surface area contributed by atoms with E-state index < -0.39 is 0 Å². The minimum Gasteiger partial charge on any atom is -0.496 e. The molecule has 0 saturated heterocycles. The summed E-state index contributed by atoms with van der Waals surface area (Å²) < 4.78 is 7.20. The van der Waals surface area contributed by atoms with Gasteiger partial charge in [-0.05, 0) is 18.9 Å². The molecule has 2 aromatic rings. The molecule has 1 fully saturated rings. The average molecular weight is 307 g/mol. The zero-order chi connectivity index (χ0) is 15.0. The number of ether oxygens (including phenoxy) is 1. The van der Waals surface area contributed by atoms with Gasteiger partial charge in [0, 0.05) is 19.0 Å². The van der Waals surface area contributed by atoms with Crippen molar-refractivity contribution < 1.29 is 4.74 Å². The zero-order valence-corrected chi connectivity index (χ0v) is 13.0. The minimum atomic E-state index is 0.472. The monoisotopic (exact) mass is 306 g/mol. The highest BCUT2D eigenvalue weighted by atomic mass is 35.5. The molecular formula is C15H19ClN4O. The van der Waals surface area contributed by atoms with Crippen LogP contribution in [0, 0.1) is 0 Å². The first-order valence-corrected chi connectivity index (χ1v) is 7.52. The molecule has 1 aliphatic rings. The Balaban J connectivity index is 2.06. The third-order valence-electron chi connectivity index (χ3n) is 4.06. The number of hydrogen-bond donors (Lipinski definition) is 1. The van der Waals surface area contributed by atoms with E-state index in [-0.39, 0.29) is 0 Å². The first kappa shape index (κ1) is 14.2. The summed E-state index contributed by atoms with van der Waals surface area (Å²) in [6.45, 7) is 0. The Morgan fingerprint density at radius 1 is 1.33 bits per heavy atom. The molecule has 1 saturated carbocycles. The fraction of sp³-hybridized carbons (Fsp3) is 0.467. The van der Waals surface area contributed by atoms with Crippen molar-refractivity contribution in [2.24, 2.45) is 7.05 Å². The molecule has 1 aromatic heterocycles. The highest BCUT2D eigenvalue weighted by molar-refractivity contribution is 6.33. The van der Waals surface area contributed by atoms with Gasteiger partial charge in [-0.3, -0.25) is 0 Å². The number of anilines is 1. The van der Waals surface area contributed by atoms with Crippen molar-refractivity contribution in [1.82, 2.24) is 14.8 Å². The Bertz CT molecular complexity index is 662. The maximum Gasteiger partial charge on any atom is 0.161 e.